The van der Waals surface area contributed by atoms with E-state index in [2.05, 4.69) is 10.6 Å². The fourth-order valence-electron chi connectivity index (χ4n) is 3.39. The molecule has 1 saturated heterocycles. The molecule has 0 aliphatic carbocycles. The molecule has 3 amide bonds. The monoisotopic (exact) mass is 413 g/mol. The number of likely N-dealkylation sites (tertiary alicyclic amines) is 1. The molecule has 2 aromatic rings. The lowest BCUT2D eigenvalue weighted by Gasteiger charge is -2.32. The van der Waals surface area contributed by atoms with Crippen molar-refractivity contribution in [2.45, 2.75) is 32.7 Å². The Labute approximate surface area is 175 Å². The first-order chi connectivity index (χ1) is 14.1. The second-order valence-corrected chi connectivity index (χ2v) is 8.19. The van der Waals surface area contributed by atoms with Crippen molar-refractivity contribution in [3.05, 3.63) is 57.8 Å². The highest BCUT2D eigenvalue weighted by Gasteiger charge is 2.28. The highest BCUT2D eigenvalue weighted by atomic mass is 32.1. The first-order valence-corrected chi connectivity index (χ1v) is 10.9. The van der Waals surface area contributed by atoms with E-state index < -0.39 is 0 Å². The summed E-state index contributed by atoms with van der Waals surface area (Å²) >= 11 is 1.40. The van der Waals surface area contributed by atoms with Crippen molar-refractivity contribution in [1.82, 2.24) is 15.5 Å². The van der Waals surface area contributed by atoms with E-state index in [0.717, 1.165) is 24.8 Å². The standard InChI is InChI=1S/C22H27N3O3S/c1-2-11-23-20(26)18-5-3-12-25(15-18)22(28)17-9-7-16(8-10-17)14-24-21(27)19-6-4-13-29-19/h4,6-10,13,18H,2-3,5,11-12,14-15H2,1H3,(H,23,26)(H,24,27). The normalized spacial score (nSPS) is 16.3. The van der Waals surface area contributed by atoms with Crippen LogP contribution in [0.1, 0.15) is 51.8 Å². The number of hydrogen-bond acceptors (Lipinski definition) is 4. The van der Waals surface area contributed by atoms with E-state index in [1.54, 1.807) is 23.1 Å². The molecule has 154 valence electrons. The maximum Gasteiger partial charge on any atom is 0.261 e. The maximum atomic E-state index is 12.8. The van der Waals surface area contributed by atoms with Crippen LogP contribution in [0.3, 0.4) is 0 Å². The van der Waals surface area contributed by atoms with Crippen LogP contribution in [-0.4, -0.2) is 42.3 Å². The molecule has 6 nitrogen and oxygen atoms in total. The number of nitrogens with one attached hydrogen (secondary N) is 2. The lowest BCUT2D eigenvalue weighted by Crippen LogP contribution is -2.45. The van der Waals surface area contributed by atoms with Gasteiger partial charge in [0, 0.05) is 31.7 Å². The first-order valence-electron chi connectivity index (χ1n) is 10.1. The van der Waals surface area contributed by atoms with Gasteiger partial charge in [-0.2, -0.15) is 0 Å². The number of carbonyl (C=O) groups excluding carboxylic acids is 3. The van der Waals surface area contributed by atoms with Gasteiger partial charge in [-0.3, -0.25) is 14.4 Å². The Morgan fingerprint density at radius 2 is 1.93 bits per heavy atom. The van der Waals surface area contributed by atoms with E-state index in [1.807, 2.05) is 30.5 Å². The number of piperidine rings is 1. The van der Waals surface area contributed by atoms with Crippen LogP contribution in [0.15, 0.2) is 41.8 Å². The zero-order valence-electron chi connectivity index (χ0n) is 16.6. The molecule has 1 aromatic carbocycles. The molecule has 7 heteroatoms. The number of rotatable bonds is 7. The minimum Gasteiger partial charge on any atom is -0.356 e. The van der Waals surface area contributed by atoms with Crippen molar-refractivity contribution in [2.24, 2.45) is 5.92 Å². The second kappa shape index (κ2) is 10.2. The second-order valence-electron chi connectivity index (χ2n) is 7.24. The largest absolute Gasteiger partial charge is 0.356 e. The molecular formula is C22H27N3O3S. The van der Waals surface area contributed by atoms with E-state index >= 15 is 0 Å². The SMILES string of the molecule is CCCNC(=O)C1CCCN(C(=O)c2ccc(CNC(=O)c3cccs3)cc2)C1. The summed E-state index contributed by atoms with van der Waals surface area (Å²) in [5.74, 6) is -0.236. The van der Waals surface area contributed by atoms with Gasteiger partial charge in [0.25, 0.3) is 11.8 Å². The molecule has 1 aliphatic rings. The van der Waals surface area contributed by atoms with Crippen LogP contribution in [0.2, 0.25) is 0 Å². The third kappa shape index (κ3) is 5.67. The number of nitrogens with zero attached hydrogens (tertiary/aromatic N) is 1. The van der Waals surface area contributed by atoms with Crippen molar-refractivity contribution in [3.63, 3.8) is 0 Å². The molecule has 1 aromatic heterocycles. The molecule has 1 aliphatic heterocycles. The maximum absolute atomic E-state index is 12.8. The van der Waals surface area contributed by atoms with Gasteiger partial charge >= 0.3 is 0 Å². The average molecular weight is 414 g/mol. The predicted octanol–water partition coefficient (Wildman–Crippen LogP) is 3.06. The highest BCUT2D eigenvalue weighted by Crippen LogP contribution is 2.19. The van der Waals surface area contributed by atoms with Gasteiger partial charge in [0.2, 0.25) is 5.91 Å². The Bertz CT molecular complexity index is 833. The van der Waals surface area contributed by atoms with E-state index in [4.69, 9.17) is 0 Å². The van der Waals surface area contributed by atoms with Crippen LogP contribution in [0.5, 0.6) is 0 Å². The summed E-state index contributed by atoms with van der Waals surface area (Å²) < 4.78 is 0. The van der Waals surface area contributed by atoms with Gasteiger partial charge in [-0.1, -0.05) is 25.1 Å². The van der Waals surface area contributed by atoms with Crippen molar-refractivity contribution in [1.29, 1.82) is 0 Å². The van der Waals surface area contributed by atoms with E-state index in [9.17, 15) is 14.4 Å². The van der Waals surface area contributed by atoms with Crippen LogP contribution in [0.25, 0.3) is 0 Å². The molecular weight excluding hydrogens is 386 g/mol. The molecule has 2 N–H and O–H groups in total. The van der Waals surface area contributed by atoms with E-state index in [-0.39, 0.29) is 23.6 Å². The molecule has 1 fully saturated rings. The van der Waals surface area contributed by atoms with E-state index in [1.165, 1.54) is 11.3 Å². The molecule has 1 atom stereocenters. The Hall–Kier alpha value is -2.67. The van der Waals surface area contributed by atoms with Crippen molar-refractivity contribution in [2.75, 3.05) is 19.6 Å². The van der Waals surface area contributed by atoms with Crippen molar-refractivity contribution < 1.29 is 14.4 Å². The summed E-state index contributed by atoms with van der Waals surface area (Å²) in [7, 11) is 0. The fourth-order valence-corrected chi connectivity index (χ4v) is 4.03. The summed E-state index contributed by atoms with van der Waals surface area (Å²) in [6, 6.07) is 10.9. The lowest BCUT2D eigenvalue weighted by atomic mass is 9.96. The summed E-state index contributed by atoms with van der Waals surface area (Å²) in [6.45, 7) is 4.25. The minimum atomic E-state index is -0.133. The molecule has 2 heterocycles. The molecule has 0 radical (unpaired) electrons. The summed E-state index contributed by atoms with van der Waals surface area (Å²) in [5.41, 5.74) is 1.54. The lowest BCUT2D eigenvalue weighted by molar-refractivity contribution is -0.126. The van der Waals surface area contributed by atoms with Gasteiger partial charge < -0.3 is 15.5 Å². The van der Waals surface area contributed by atoms with Crippen LogP contribution in [0.4, 0.5) is 0 Å². The number of hydrogen-bond donors (Lipinski definition) is 2. The van der Waals surface area contributed by atoms with Gasteiger partial charge in [-0.05, 0) is 48.4 Å². The summed E-state index contributed by atoms with van der Waals surface area (Å²) in [6.07, 6.45) is 2.56. The highest BCUT2D eigenvalue weighted by molar-refractivity contribution is 7.12. The summed E-state index contributed by atoms with van der Waals surface area (Å²) in [5, 5.41) is 7.68. The van der Waals surface area contributed by atoms with Crippen molar-refractivity contribution >= 4 is 29.1 Å². The Morgan fingerprint density at radius 1 is 1.14 bits per heavy atom. The molecule has 0 saturated carbocycles. The predicted molar refractivity (Wildman–Crippen MR) is 114 cm³/mol. The number of carbonyl (C=O) groups is 3. The summed E-state index contributed by atoms with van der Waals surface area (Å²) in [4.78, 5) is 39.5. The molecule has 0 spiro atoms. The van der Waals surface area contributed by atoms with Crippen LogP contribution in [-0.2, 0) is 11.3 Å². The van der Waals surface area contributed by atoms with Crippen molar-refractivity contribution in [3.8, 4) is 0 Å². The molecule has 0 bridgehead atoms. The van der Waals surface area contributed by atoms with Gasteiger partial charge in [0.15, 0.2) is 0 Å². The Balaban J connectivity index is 1.54. The third-order valence-electron chi connectivity index (χ3n) is 5.03. The van der Waals surface area contributed by atoms with Gasteiger partial charge in [0.05, 0.1) is 10.8 Å². The molecule has 1 unspecified atom stereocenters. The topological polar surface area (TPSA) is 78.5 Å². The molecule has 29 heavy (non-hydrogen) atoms. The van der Waals surface area contributed by atoms with Crippen LogP contribution < -0.4 is 10.6 Å². The Morgan fingerprint density at radius 3 is 2.62 bits per heavy atom. The van der Waals surface area contributed by atoms with Gasteiger partial charge in [-0.15, -0.1) is 11.3 Å². The van der Waals surface area contributed by atoms with Crippen LogP contribution >= 0.6 is 11.3 Å². The number of thiophene rings is 1. The van der Waals surface area contributed by atoms with Gasteiger partial charge in [-0.25, -0.2) is 0 Å². The quantitative estimate of drug-likeness (QED) is 0.732. The average Bonchev–Trinajstić information content (AvgIpc) is 3.31. The Kier molecular flexibility index (Phi) is 7.41. The third-order valence-corrected chi connectivity index (χ3v) is 5.90. The smallest absolute Gasteiger partial charge is 0.261 e. The van der Waals surface area contributed by atoms with Gasteiger partial charge in [0.1, 0.15) is 0 Å². The first kappa shape index (κ1) is 21.0. The molecule has 3 rings (SSSR count). The zero-order valence-corrected chi connectivity index (χ0v) is 17.5. The number of benzene rings is 1. The van der Waals surface area contributed by atoms with E-state index in [0.29, 0.717) is 36.6 Å². The minimum absolute atomic E-state index is 0.0428. The van der Waals surface area contributed by atoms with Crippen LogP contribution in [0, 0.1) is 5.92 Å². The zero-order chi connectivity index (χ0) is 20.6. The fraction of sp³-hybridized carbons (Fsp3) is 0.409. The number of amides is 3.